The van der Waals surface area contributed by atoms with E-state index < -0.39 is 0 Å². The Balaban J connectivity index is 2.13. The van der Waals surface area contributed by atoms with Crippen LogP contribution in [0, 0.1) is 0 Å². The second-order valence-electron chi connectivity index (χ2n) is 4.40. The quantitative estimate of drug-likeness (QED) is 0.750. The Morgan fingerprint density at radius 3 is 2.50 bits per heavy atom. The van der Waals surface area contributed by atoms with E-state index in [4.69, 9.17) is 27.9 Å². The monoisotopic (exact) mass is 258 g/mol. The topological polar surface area (TPSA) is 9.23 Å². The van der Waals surface area contributed by atoms with Gasteiger partial charge in [0.05, 0.1) is 17.4 Å². The number of halogens is 2. The number of hydrogen-bond acceptors (Lipinski definition) is 1. The maximum Gasteiger partial charge on any atom is 0.0957 e. The Morgan fingerprint density at radius 1 is 1.19 bits per heavy atom. The van der Waals surface area contributed by atoms with Crippen LogP contribution in [0.2, 0.25) is 0 Å². The van der Waals surface area contributed by atoms with Gasteiger partial charge < -0.3 is 4.74 Å². The van der Waals surface area contributed by atoms with Crippen molar-refractivity contribution in [3.63, 3.8) is 0 Å². The molecule has 0 spiro atoms. The molecular weight excluding hydrogens is 243 g/mol. The molecule has 0 bridgehead atoms. The Kier molecular flexibility index (Phi) is 4.12. The van der Waals surface area contributed by atoms with Gasteiger partial charge in [0.15, 0.2) is 0 Å². The molecule has 0 aliphatic carbocycles. The Labute approximate surface area is 107 Å². The molecule has 1 unspecified atom stereocenters. The van der Waals surface area contributed by atoms with Crippen molar-refractivity contribution in [2.24, 2.45) is 0 Å². The summed E-state index contributed by atoms with van der Waals surface area (Å²) >= 11 is 12.0. The molecule has 16 heavy (non-hydrogen) atoms. The molecule has 1 fully saturated rings. The number of benzene rings is 1. The average Bonchev–Trinajstić information content (AvgIpc) is 2.40. The number of hydrogen-bond donors (Lipinski definition) is 0. The first-order valence-electron chi connectivity index (χ1n) is 5.60. The van der Waals surface area contributed by atoms with Gasteiger partial charge in [-0.25, -0.2) is 0 Å². The summed E-state index contributed by atoms with van der Waals surface area (Å²) in [6, 6.07) is 10.5. The third-order valence-corrected chi connectivity index (χ3v) is 4.23. The predicted molar refractivity (Wildman–Crippen MR) is 68.5 cm³/mol. The SMILES string of the molecule is ClCC1(CCl)CC(c2ccccc2)CCO1. The fourth-order valence-electron chi connectivity index (χ4n) is 2.26. The van der Waals surface area contributed by atoms with Crippen molar-refractivity contribution < 1.29 is 4.74 Å². The van der Waals surface area contributed by atoms with Crippen molar-refractivity contribution >= 4 is 23.2 Å². The molecule has 0 saturated carbocycles. The highest BCUT2D eigenvalue weighted by molar-refractivity contribution is 6.21. The minimum atomic E-state index is -0.331. The van der Waals surface area contributed by atoms with Crippen LogP contribution >= 0.6 is 23.2 Å². The summed E-state index contributed by atoms with van der Waals surface area (Å²) in [4.78, 5) is 0. The van der Waals surface area contributed by atoms with Crippen LogP contribution in [-0.2, 0) is 4.74 Å². The summed E-state index contributed by atoms with van der Waals surface area (Å²) in [5.41, 5.74) is 1.03. The molecule has 2 rings (SSSR count). The van der Waals surface area contributed by atoms with E-state index in [2.05, 4.69) is 24.3 Å². The van der Waals surface area contributed by atoms with E-state index in [9.17, 15) is 0 Å². The van der Waals surface area contributed by atoms with Crippen molar-refractivity contribution in [2.45, 2.75) is 24.4 Å². The van der Waals surface area contributed by atoms with E-state index in [1.807, 2.05) is 6.07 Å². The number of alkyl halides is 2. The largest absolute Gasteiger partial charge is 0.372 e. The Morgan fingerprint density at radius 2 is 1.88 bits per heavy atom. The van der Waals surface area contributed by atoms with Crippen molar-refractivity contribution in [3.05, 3.63) is 35.9 Å². The lowest BCUT2D eigenvalue weighted by Crippen LogP contribution is -2.42. The maximum absolute atomic E-state index is 5.98. The maximum atomic E-state index is 5.98. The van der Waals surface area contributed by atoms with E-state index >= 15 is 0 Å². The molecule has 1 heterocycles. The van der Waals surface area contributed by atoms with Crippen molar-refractivity contribution in [2.75, 3.05) is 18.4 Å². The van der Waals surface area contributed by atoms with Crippen LogP contribution in [-0.4, -0.2) is 24.0 Å². The summed E-state index contributed by atoms with van der Waals surface area (Å²) < 4.78 is 5.75. The van der Waals surface area contributed by atoms with Crippen LogP contribution in [0.3, 0.4) is 0 Å². The molecule has 1 saturated heterocycles. The van der Waals surface area contributed by atoms with Gasteiger partial charge in [0, 0.05) is 6.61 Å². The Bertz CT molecular complexity index is 322. The second-order valence-corrected chi connectivity index (χ2v) is 4.93. The molecule has 1 nitrogen and oxygen atoms in total. The zero-order valence-corrected chi connectivity index (χ0v) is 10.7. The van der Waals surface area contributed by atoms with Gasteiger partial charge >= 0.3 is 0 Å². The van der Waals surface area contributed by atoms with Crippen LogP contribution in [0.4, 0.5) is 0 Å². The molecular formula is C13H16Cl2O. The van der Waals surface area contributed by atoms with Crippen molar-refractivity contribution in [1.82, 2.24) is 0 Å². The Hall–Kier alpha value is -0.240. The first-order valence-corrected chi connectivity index (χ1v) is 6.67. The summed E-state index contributed by atoms with van der Waals surface area (Å²) in [7, 11) is 0. The van der Waals surface area contributed by atoms with E-state index in [-0.39, 0.29) is 5.60 Å². The lowest BCUT2D eigenvalue weighted by Gasteiger charge is -2.38. The van der Waals surface area contributed by atoms with Gasteiger partial charge in [0.25, 0.3) is 0 Å². The number of ether oxygens (including phenoxy) is 1. The first kappa shape index (κ1) is 12.2. The van der Waals surface area contributed by atoms with Gasteiger partial charge in [0.1, 0.15) is 0 Å². The van der Waals surface area contributed by atoms with Gasteiger partial charge in [-0.2, -0.15) is 0 Å². The van der Waals surface area contributed by atoms with Crippen LogP contribution in [0.5, 0.6) is 0 Å². The van der Waals surface area contributed by atoms with Gasteiger partial charge in [-0.05, 0) is 24.3 Å². The van der Waals surface area contributed by atoms with Crippen molar-refractivity contribution in [3.8, 4) is 0 Å². The van der Waals surface area contributed by atoms with Crippen LogP contribution in [0.15, 0.2) is 30.3 Å². The smallest absolute Gasteiger partial charge is 0.0957 e. The van der Waals surface area contributed by atoms with Gasteiger partial charge in [0.2, 0.25) is 0 Å². The molecule has 1 aliphatic rings. The first-order chi connectivity index (χ1) is 7.79. The third-order valence-electron chi connectivity index (χ3n) is 3.25. The van der Waals surface area contributed by atoms with Gasteiger partial charge in [-0.3, -0.25) is 0 Å². The number of rotatable bonds is 3. The second kappa shape index (κ2) is 5.39. The lowest BCUT2D eigenvalue weighted by atomic mass is 9.83. The fraction of sp³-hybridized carbons (Fsp3) is 0.538. The minimum Gasteiger partial charge on any atom is -0.372 e. The summed E-state index contributed by atoms with van der Waals surface area (Å²) in [6.45, 7) is 0.749. The molecule has 3 heteroatoms. The van der Waals surface area contributed by atoms with Crippen LogP contribution < -0.4 is 0 Å². The zero-order chi connectivity index (χ0) is 11.4. The molecule has 0 N–H and O–H groups in total. The van der Waals surface area contributed by atoms with Gasteiger partial charge in [-0.15, -0.1) is 23.2 Å². The average molecular weight is 259 g/mol. The van der Waals surface area contributed by atoms with Crippen LogP contribution in [0.1, 0.15) is 24.3 Å². The third kappa shape index (κ3) is 2.53. The molecule has 0 amide bonds. The molecule has 1 aromatic carbocycles. The van der Waals surface area contributed by atoms with Crippen LogP contribution in [0.25, 0.3) is 0 Å². The normalized spacial score (nSPS) is 24.2. The molecule has 1 aliphatic heterocycles. The van der Waals surface area contributed by atoms with Gasteiger partial charge in [-0.1, -0.05) is 30.3 Å². The van der Waals surface area contributed by atoms with E-state index in [0.29, 0.717) is 17.7 Å². The summed E-state index contributed by atoms with van der Waals surface area (Å²) in [5, 5.41) is 0. The molecule has 0 aromatic heterocycles. The standard InChI is InChI=1S/C13H16Cl2O/c14-9-13(10-15)8-12(6-7-16-13)11-4-2-1-3-5-11/h1-5,12H,6-10H2. The van der Waals surface area contributed by atoms with Crippen molar-refractivity contribution in [1.29, 1.82) is 0 Å². The minimum absolute atomic E-state index is 0.331. The molecule has 1 aromatic rings. The highest BCUT2D eigenvalue weighted by Crippen LogP contribution is 2.37. The lowest BCUT2D eigenvalue weighted by molar-refractivity contribution is -0.0541. The van der Waals surface area contributed by atoms with E-state index in [1.165, 1.54) is 5.56 Å². The highest BCUT2D eigenvalue weighted by Gasteiger charge is 2.36. The fourth-order valence-corrected chi connectivity index (χ4v) is 2.92. The molecule has 1 atom stereocenters. The predicted octanol–water partition coefficient (Wildman–Crippen LogP) is 3.80. The highest BCUT2D eigenvalue weighted by atomic mass is 35.5. The summed E-state index contributed by atoms with van der Waals surface area (Å²) in [5.74, 6) is 1.46. The zero-order valence-electron chi connectivity index (χ0n) is 9.16. The van der Waals surface area contributed by atoms with E-state index in [1.54, 1.807) is 0 Å². The molecule has 88 valence electrons. The summed E-state index contributed by atoms with van der Waals surface area (Å²) in [6.07, 6.45) is 1.98. The molecule has 0 radical (unpaired) electrons. The van der Waals surface area contributed by atoms with E-state index in [0.717, 1.165) is 19.4 Å².